The molecule has 4 nitrogen and oxygen atoms in total. The maximum atomic E-state index is 13.4. The Labute approximate surface area is 188 Å². The van der Waals surface area contributed by atoms with Crippen LogP contribution in [0.3, 0.4) is 0 Å². The van der Waals surface area contributed by atoms with Crippen LogP contribution in [0.25, 0.3) is 0 Å². The third-order valence-electron chi connectivity index (χ3n) is 6.83. The van der Waals surface area contributed by atoms with Gasteiger partial charge in [0.15, 0.2) is 0 Å². The van der Waals surface area contributed by atoms with Crippen LogP contribution in [0.15, 0.2) is 47.0 Å². The van der Waals surface area contributed by atoms with E-state index in [4.69, 9.17) is 9.40 Å². The number of fused-ring (bicyclic) bond motifs is 1. The van der Waals surface area contributed by atoms with Gasteiger partial charge in [0, 0.05) is 42.9 Å². The van der Waals surface area contributed by atoms with E-state index in [2.05, 4.69) is 12.1 Å². The average molecular weight is 433 g/mol. The molecular weight excluding hydrogens is 403 g/mol. The molecule has 2 aromatic heterocycles. The Morgan fingerprint density at radius 2 is 2.03 bits per heavy atom. The highest BCUT2D eigenvalue weighted by molar-refractivity contribution is 5.97. The fourth-order valence-corrected chi connectivity index (χ4v) is 5.21. The van der Waals surface area contributed by atoms with Gasteiger partial charge in [-0.15, -0.1) is 0 Å². The number of hydrogen-bond acceptors (Lipinski definition) is 3. The van der Waals surface area contributed by atoms with Crippen LogP contribution in [0.5, 0.6) is 0 Å². The second-order valence-electron chi connectivity index (χ2n) is 9.13. The lowest BCUT2D eigenvalue weighted by atomic mass is 9.91. The quantitative estimate of drug-likeness (QED) is 0.538. The Kier molecular flexibility index (Phi) is 5.81. The van der Waals surface area contributed by atoms with E-state index in [9.17, 15) is 9.18 Å². The number of furan rings is 1. The third-order valence-corrected chi connectivity index (χ3v) is 6.83. The molecule has 1 aliphatic heterocycles. The molecule has 1 fully saturated rings. The fraction of sp³-hybridized carbons (Fsp3) is 0.407. The zero-order valence-corrected chi connectivity index (χ0v) is 18.6. The molecular formula is C27H29FN2O2. The van der Waals surface area contributed by atoms with Gasteiger partial charge in [0.05, 0.1) is 5.56 Å². The van der Waals surface area contributed by atoms with Crippen LogP contribution in [0, 0.1) is 12.7 Å². The highest BCUT2D eigenvalue weighted by Gasteiger charge is 2.31. The monoisotopic (exact) mass is 432 g/mol. The summed E-state index contributed by atoms with van der Waals surface area (Å²) in [5.41, 5.74) is 4.97. The minimum Gasteiger partial charge on any atom is -0.465 e. The summed E-state index contributed by atoms with van der Waals surface area (Å²) in [6.07, 6.45) is 8.70. The summed E-state index contributed by atoms with van der Waals surface area (Å²) in [5.74, 6) is 1.92. The first-order valence-electron chi connectivity index (χ1n) is 11.7. The minimum absolute atomic E-state index is 0.113. The van der Waals surface area contributed by atoms with Gasteiger partial charge in [0.25, 0.3) is 5.91 Å². The maximum Gasteiger partial charge on any atom is 0.257 e. The lowest BCUT2D eigenvalue weighted by Crippen LogP contribution is -2.39. The van der Waals surface area contributed by atoms with E-state index in [1.54, 1.807) is 12.1 Å². The van der Waals surface area contributed by atoms with E-state index < -0.39 is 0 Å². The van der Waals surface area contributed by atoms with Crippen molar-refractivity contribution in [3.05, 3.63) is 87.9 Å². The molecule has 0 spiro atoms. The molecule has 5 heteroatoms. The second kappa shape index (κ2) is 8.89. The van der Waals surface area contributed by atoms with Crippen molar-refractivity contribution >= 4 is 5.91 Å². The smallest absolute Gasteiger partial charge is 0.257 e. The molecule has 166 valence electrons. The SMILES string of the molecule is Cc1oc2c(c1C(=O)N1CCC[C@@H](c3ccc(Cc4cccc(F)c4)cn3)C1)CCCC2. The van der Waals surface area contributed by atoms with Gasteiger partial charge in [-0.1, -0.05) is 18.2 Å². The highest BCUT2D eigenvalue weighted by atomic mass is 19.1. The summed E-state index contributed by atoms with van der Waals surface area (Å²) < 4.78 is 19.4. The summed E-state index contributed by atoms with van der Waals surface area (Å²) in [4.78, 5) is 20.1. The molecule has 0 saturated carbocycles. The van der Waals surface area contributed by atoms with Crippen LogP contribution in [-0.4, -0.2) is 28.9 Å². The molecule has 32 heavy (non-hydrogen) atoms. The molecule has 0 unspecified atom stereocenters. The maximum absolute atomic E-state index is 13.4. The molecule has 0 radical (unpaired) electrons. The zero-order valence-electron chi connectivity index (χ0n) is 18.6. The zero-order chi connectivity index (χ0) is 22.1. The summed E-state index contributed by atoms with van der Waals surface area (Å²) >= 11 is 0. The molecule has 1 atom stereocenters. The number of benzene rings is 1. The molecule has 3 aromatic rings. The lowest BCUT2D eigenvalue weighted by Gasteiger charge is -2.33. The summed E-state index contributed by atoms with van der Waals surface area (Å²) in [6, 6.07) is 10.8. The number of aromatic nitrogens is 1. The van der Waals surface area contributed by atoms with Gasteiger partial charge >= 0.3 is 0 Å². The van der Waals surface area contributed by atoms with Crippen LogP contribution in [0.4, 0.5) is 4.39 Å². The Morgan fingerprint density at radius 3 is 2.84 bits per heavy atom. The van der Waals surface area contributed by atoms with E-state index >= 15 is 0 Å². The predicted octanol–water partition coefficient (Wildman–Crippen LogP) is 5.61. The summed E-state index contributed by atoms with van der Waals surface area (Å²) in [7, 11) is 0. The van der Waals surface area contributed by atoms with Gasteiger partial charge in [-0.2, -0.15) is 0 Å². The number of aryl methyl sites for hydroxylation is 2. The van der Waals surface area contributed by atoms with Gasteiger partial charge < -0.3 is 9.32 Å². The van der Waals surface area contributed by atoms with Crippen molar-refractivity contribution in [2.45, 2.75) is 57.8 Å². The van der Waals surface area contributed by atoms with Crippen LogP contribution >= 0.6 is 0 Å². The first kappa shape index (κ1) is 20.9. The van der Waals surface area contributed by atoms with Crippen LogP contribution < -0.4 is 0 Å². The van der Waals surface area contributed by atoms with Crippen molar-refractivity contribution in [2.24, 2.45) is 0 Å². The number of rotatable bonds is 4. The van der Waals surface area contributed by atoms with E-state index in [-0.39, 0.29) is 17.6 Å². The van der Waals surface area contributed by atoms with Crippen molar-refractivity contribution in [3.63, 3.8) is 0 Å². The number of hydrogen-bond donors (Lipinski definition) is 0. The molecule has 0 N–H and O–H groups in total. The number of nitrogens with zero attached hydrogens (tertiary/aromatic N) is 2. The molecule has 1 saturated heterocycles. The average Bonchev–Trinajstić information content (AvgIpc) is 3.15. The number of piperidine rings is 1. The fourth-order valence-electron chi connectivity index (χ4n) is 5.21. The van der Waals surface area contributed by atoms with Gasteiger partial charge in [-0.05, 0) is 74.8 Å². The molecule has 1 aliphatic carbocycles. The molecule has 3 heterocycles. The summed E-state index contributed by atoms with van der Waals surface area (Å²) in [6.45, 7) is 3.40. The molecule has 5 rings (SSSR count). The Morgan fingerprint density at radius 1 is 1.16 bits per heavy atom. The first-order valence-corrected chi connectivity index (χ1v) is 11.7. The van der Waals surface area contributed by atoms with Gasteiger partial charge in [-0.3, -0.25) is 9.78 Å². The van der Waals surface area contributed by atoms with E-state index in [1.807, 2.05) is 24.1 Å². The standard InChI is InChI=1S/C27H29FN2O2/c1-18-26(23-9-2-3-10-25(23)32-18)27(31)30-13-5-7-21(17-30)24-12-11-20(16-29-24)14-19-6-4-8-22(28)15-19/h4,6,8,11-12,15-16,21H,2-3,5,7,9-10,13-14,17H2,1H3/t21-/m1/s1. The number of likely N-dealkylation sites (tertiary alicyclic amines) is 1. The molecule has 0 bridgehead atoms. The van der Waals surface area contributed by atoms with Crippen molar-refractivity contribution in [1.29, 1.82) is 0 Å². The van der Waals surface area contributed by atoms with E-state index in [1.165, 1.54) is 6.07 Å². The predicted molar refractivity (Wildman–Crippen MR) is 121 cm³/mol. The Bertz CT molecular complexity index is 1120. The summed E-state index contributed by atoms with van der Waals surface area (Å²) in [5, 5.41) is 0. The van der Waals surface area contributed by atoms with Gasteiger partial charge in [0.2, 0.25) is 0 Å². The molecule has 1 aromatic carbocycles. The van der Waals surface area contributed by atoms with Gasteiger partial charge in [-0.25, -0.2) is 4.39 Å². The number of halogens is 1. The third kappa shape index (κ3) is 4.21. The molecule has 1 amide bonds. The second-order valence-corrected chi connectivity index (χ2v) is 9.13. The van der Waals surface area contributed by atoms with Crippen molar-refractivity contribution in [3.8, 4) is 0 Å². The largest absolute Gasteiger partial charge is 0.465 e. The van der Waals surface area contributed by atoms with Crippen LogP contribution in [0.1, 0.15) is 75.9 Å². The van der Waals surface area contributed by atoms with E-state index in [0.717, 1.165) is 84.5 Å². The van der Waals surface area contributed by atoms with Gasteiger partial charge in [0.1, 0.15) is 17.3 Å². The number of amides is 1. The van der Waals surface area contributed by atoms with Crippen molar-refractivity contribution in [1.82, 2.24) is 9.88 Å². The van der Waals surface area contributed by atoms with Crippen LogP contribution in [0.2, 0.25) is 0 Å². The topological polar surface area (TPSA) is 46.3 Å². The van der Waals surface area contributed by atoms with Crippen LogP contribution in [-0.2, 0) is 19.3 Å². The normalized spacial score (nSPS) is 18.4. The van der Waals surface area contributed by atoms with Crippen molar-refractivity contribution < 1.29 is 13.6 Å². The highest BCUT2D eigenvalue weighted by Crippen LogP contribution is 2.33. The Balaban J connectivity index is 1.29. The van der Waals surface area contributed by atoms with Crippen molar-refractivity contribution in [2.75, 3.05) is 13.1 Å². The van der Waals surface area contributed by atoms with E-state index in [0.29, 0.717) is 13.0 Å². The first-order chi connectivity index (χ1) is 15.6. The number of carbonyl (C=O) groups excluding carboxylic acids is 1. The minimum atomic E-state index is -0.215. The number of carbonyl (C=O) groups is 1. The Hall–Kier alpha value is -2.95. The number of pyridine rings is 1. The molecule has 2 aliphatic rings. The lowest BCUT2D eigenvalue weighted by molar-refractivity contribution is 0.0703.